The van der Waals surface area contributed by atoms with Crippen LogP contribution in [0.3, 0.4) is 0 Å². The number of nitrogens with zero attached hydrogens (tertiary/aromatic N) is 2. The minimum absolute atomic E-state index is 0.143. The van der Waals surface area contributed by atoms with E-state index in [1.54, 1.807) is 36.4 Å². The summed E-state index contributed by atoms with van der Waals surface area (Å²) in [6.45, 7) is 5.67. The molecule has 3 rings (SSSR count). The molecular formula is C21H21N3O4S. The van der Waals surface area contributed by atoms with Crippen LogP contribution >= 0.6 is 0 Å². The number of benzene rings is 2. The van der Waals surface area contributed by atoms with Gasteiger partial charge in [0.2, 0.25) is 0 Å². The monoisotopic (exact) mass is 411 g/mol. The molecule has 2 N–H and O–H groups in total. The van der Waals surface area contributed by atoms with E-state index in [2.05, 4.69) is 9.93 Å². The van der Waals surface area contributed by atoms with Gasteiger partial charge in [-0.15, -0.1) is 0 Å². The van der Waals surface area contributed by atoms with E-state index in [4.69, 9.17) is 5.11 Å². The first-order chi connectivity index (χ1) is 13.7. The number of hydrogen-bond acceptors (Lipinski definition) is 4. The molecule has 3 aromatic rings. The number of carbonyl (C=O) groups is 1. The first-order valence-corrected chi connectivity index (χ1v) is 10.3. The van der Waals surface area contributed by atoms with E-state index >= 15 is 0 Å². The van der Waals surface area contributed by atoms with Gasteiger partial charge in [0.15, 0.2) is 0 Å². The van der Waals surface area contributed by atoms with Crippen molar-refractivity contribution < 1.29 is 18.3 Å². The first kappa shape index (κ1) is 20.3. The van der Waals surface area contributed by atoms with E-state index in [1.165, 1.54) is 18.3 Å². The van der Waals surface area contributed by atoms with E-state index in [0.29, 0.717) is 0 Å². The molecule has 0 spiro atoms. The van der Waals surface area contributed by atoms with Crippen molar-refractivity contribution in [2.24, 2.45) is 5.10 Å². The summed E-state index contributed by atoms with van der Waals surface area (Å²) in [6, 6.07) is 14.9. The summed E-state index contributed by atoms with van der Waals surface area (Å²) in [5, 5.41) is 12.9. The second-order valence-electron chi connectivity index (χ2n) is 6.68. The fraction of sp³-hybridized carbons (Fsp3) is 0.143. The Labute approximate surface area is 169 Å². The van der Waals surface area contributed by atoms with E-state index in [-0.39, 0.29) is 10.5 Å². The molecule has 0 atom stereocenters. The summed E-state index contributed by atoms with van der Waals surface area (Å²) in [6.07, 6.45) is 1.45. The van der Waals surface area contributed by atoms with Crippen LogP contribution in [0.4, 0.5) is 0 Å². The number of aryl methyl sites for hydroxylation is 2. The zero-order valence-corrected chi connectivity index (χ0v) is 17.1. The van der Waals surface area contributed by atoms with Crippen molar-refractivity contribution in [2.75, 3.05) is 0 Å². The van der Waals surface area contributed by atoms with Crippen molar-refractivity contribution in [3.8, 4) is 5.69 Å². The quantitative estimate of drug-likeness (QED) is 0.479. The lowest BCUT2D eigenvalue weighted by atomic mass is 10.2. The van der Waals surface area contributed by atoms with Gasteiger partial charge in [-0.05, 0) is 63.2 Å². The van der Waals surface area contributed by atoms with Gasteiger partial charge in [-0.2, -0.15) is 13.5 Å². The van der Waals surface area contributed by atoms with Crippen molar-refractivity contribution in [3.05, 3.63) is 82.7 Å². The number of aromatic carboxylic acids is 1. The van der Waals surface area contributed by atoms with E-state index in [9.17, 15) is 13.2 Å². The molecule has 0 amide bonds. The number of carboxylic acids is 1. The maximum atomic E-state index is 12.3. The average molecular weight is 411 g/mol. The van der Waals surface area contributed by atoms with Gasteiger partial charge in [0.25, 0.3) is 10.0 Å². The van der Waals surface area contributed by atoms with Crippen LogP contribution in [-0.2, 0) is 10.0 Å². The molecule has 8 heteroatoms. The van der Waals surface area contributed by atoms with Gasteiger partial charge in [0, 0.05) is 22.6 Å². The topological polar surface area (TPSA) is 101 Å². The highest BCUT2D eigenvalue weighted by molar-refractivity contribution is 7.89. The van der Waals surface area contributed by atoms with Crippen molar-refractivity contribution in [1.29, 1.82) is 0 Å². The van der Waals surface area contributed by atoms with Gasteiger partial charge in [-0.1, -0.05) is 17.7 Å². The van der Waals surface area contributed by atoms with Crippen LogP contribution in [0.1, 0.15) is 32.9 Å². The SMILES string of the molecule is Cc1ccc(S(=O)(=O)NN=Cc2cc(C)n(-c3ccc(C(=O)O)cc3)c2C)cc1. The fourth-order valence-corrected chi connectivity index (χ4v) is 3.80. The van der Waals surface area contributed by atoms with Gasteiger partial charge in [0.1, 0.15) is 0 Å². The largest absolute Gasteiger partial charge is 0.478 e. The highest BCUT2D eigenvalue weighted by Gasteiger charge is 2.13. The normalized spacial score (nSPS) is 11.7. The second-order valence-corrected chi connectivity index (χ2v) is 8.34. The van der Waals surface area contributed by atoms with Gasteiger partial charge < -0.3 is 9.67 Å². The number of aromatic nitrogens is 1. The maximum absolute atomic E-state index is 12.3. The predicted molar refractivity (Wildman–Crippen MR) is 111 cm³/mol. The molecule has 0 bridgehead atoms. The Morgan fingerprint density at radius 1 is 1.03 bits per heavy atom. The van der Waals surface area contributed by atoms with Gasteiger partial charge >= 0.3 is 5.97 Å². The van der Waals surface area contributed by atoms with Crippen LogP contribution in [0, 0.1) is 20.8 Å². The summed E-state index contributed by atoms with van der Waals surface area (Å²) in [4.78, 5) is 13.4. The number of nitrogens with one attached hydrogen (secondary N) is 1. The molecule has 7 nitrogen and oxygen atoms in total. The first-order valence-electron chi connectivity index (χ1n) is 8.83. The number of hydrogen-bond donors (Lipinski definition) is 2. The lowest BCUT2D eigenvalue weighted by molar-refractivity contribution is 0.0697. The molecule has 0 aliphatic rings. The summed E-state index contributed by atoms with van der Waals surface area (Å²) < 4.78 is 26.6. The third kappa shape index (κ3) is 4.38. The molecule has 29 heavy (non-hydrogen) atoms. The Morgan fingerprint density at radius 3 is 2.24 bits per heavy atom. The summed E-state index contributed by atoms with van der Waals surface area (Å²) >= 11 is 0. The van der Waals surface area contributed by atoms with Crippen molar-refractivity contribution in [2.45, 2.75) is 25.7 Å². The molecule has 150 valence electrons. The minimum atomic E-state index is -3.74. The number of carboxylic acid groups (broad SMARTS) is 1. The number of sulfonamides is 1. The smallest absolute Gasteiger partial charge is 0.335 e. The lowest BCUT2D eigenvalue weighted by Gasteiger charge is -2.10. The molecule has 0 aliphatic carbocycles. The van der Waals surface area contributed by atoms with Crippen molar-refractivity contribution >= 4 is 22.2 Å². The molecule has 0 unspecified atom stereocenters. The summed E-state index contributed by atoms with van der Waals surface area (Å²) in [7, 11) is -3.74. The highest BCUT2D eigenvalue weighted by atomic mass is 32.2. The standard InChI is InChI=1S/C21H21N3O4S/c1-14-4-10-20(11-5-14)29(27,28)23-22-13-18-12-15(2)24(16(18)3)19-8-6-17(7-9-19)21(25)26/h4-13,23H,1-3H3,(H,25,26). The van der Waals surface area contributed by atoms with Crippen LogP contribution in [0.25, 0.3) is 5.69 Å². The Hall–Kier alpha value is -3.39. The maximum Gasteiger partial charge on any atom is 0.335 e. The van der Waals surface area contributed by atoms with Crippen LogP contribution < -0.4 is 4.83 Å². The molecule has 0 fully saturated rings. The average Bonchev–Trinajstić information content (AvgIpc) is 2.95. The molecule has 0 saturated carbocycles. The zero-order chi connectivity index (χ0) is 21.2. The van der Waals surface area contributed by atoms with E-state index < -0.39 is 16.0 Å². The van der Waals surface area contributed by atoms with Crippen LogP contribution in [0.15, 0.2) is 64.6 Å². The molecule has 0 radical (unpaired) electrons. The van der Waals surface area contributed by atoms with Crippen molar-refractivity contribution in [3.63, 3.8) is 0 Å². The number of hydrazone groups is 1. The predicted octanol–water partition coefficient (Wildman–Crippen LogP) is 3.41. The molecule has 0 aliphatic heterocycles. The molecular weight excluding hydrogens is 390 g/mol. The fourth-order valence-electron chi connectivity index (χ4n) is 3.00. The zero-order valence-electron chi connectivity index (χ0n) is 16.2. The third-order valence-electron chi connectivity index (χ3n) is 4.55. The molecule has 2 aromatic carbocycles. The molecule has 1 aromatic heterocycles. The Balaban J connectivity index is 1.83. The molecule has 1 heterocycles. The summed E-state index contributed by atoms with van der Waals surface area (Å²) in [5.74, 6) is -0.980. The van der Waals surface area contributed by atoms with Crippen LogP contribution in [0.2, 0.25) is 0 Å². The van der Waals surface area contributed by atoms with Gasteiger partial charge in [-0.3, -0.25) is 0 Å². The van der Waals surface area contributed by atoms with Crippen molar-refractivity contribution in [1.82, 2.24) is 9.40 Å². The number of rotatable bonds is 6. The van der Waals surface area contributed by atoms with Gasteiger partial charge in [0.05, 0.1) is 16.7 Å². The lowest BCUT2D eigenvalue weighted by Crippen LogP contribution is -2.18. The van der Waals surface area contributed by atoms with E-state index in [1.807, 2.05) is 31.4 Å². The minimum Gasteiger partial charge on any atom is -0.478 e. The highest BCUT2D eigenvalue weighted by Crippen LogP contribution is 2.20. The van der Waals surface area contributed by atoms with Crippen LogP contribution in [0.5, 0.6) is 0 Å². The summed E-state index contributed by atoms with van der Waals surface area (Å²) in [5.41, 5.74) is 4.50. The van der Waals surface area contributed by atoms with E-state index in [0.717, 1.165) is 28.2 Å². The Bertz CT molecular complexity index is 1180. The second kappa shape index (κ2) is 7.92. The van der Waals surface area contributed by atoms with Gasteiger partial charge in [-0.25, -0.2) is 9.63 Å². The third-order valence-corrected chi connectivity index (χ3v) is 5.79. The molecule has 0 saturated heterocycles. The van der Waals surface area contributed by atoms with Crippen LogP contribution in [-0.4, -0.2) is 30.3 Å². The Kier molecular flexibility index (Phi) is 5.56. The Morgan fingerprint density at radius 2 is 1.66 bits per heavy atom.